The monoisotopic (exact) mass is 274 g/mol. The topological polar surface area (TPSA) is 48.6 Å². The average Bonchev–Trinajstić information content (AvgIpc) is 3.09. The number of fused-ring (bicyclic) bond motifs is 2. The third-order valence-corrected chi connectivity index (χ3v) is 3.80. The van der Waals surface area contributed by atoms with Crippen molar-refractivity contribution in [2.24, 2.45) is 0 Å². The van der Waals surface area contributed by atoms with Crippen LogP contribution in [-0.2, 0) is 0 Å². The van der Waals surface area contributed by atoms with Crippen LogP contribution in [-0.4, -0.2) is 15.8 Å². The zero-order valence-electron chi connectivity index (χ0n) is 11.6. The molecule has 3 heteroatoms. The Morgan fingerprint density at radius 1 is 0.810 bits per heavy atom. The largest absolute Gasteiger partial charge is 0.352 e. The summed E-state index contributed by atoms with van der Waals surface area (Å²) in [6, 6.07) is 17.8. The number of H-pyrrole nitrogens is 2. The summed E-state index contributed by atoms with van der Waals surface area (Å²) in [7, 11) is 0. The highest BCUT2D eigenvalue weighted by molar-refractivity contribution is 6.11. The Morgan fingerprint density at radius 3 is 2.24 bits per heavy atom. The molecule has 102 valence electrons. The molecule has 0 saturated carbocycles. The second-order valence-corrected chi connectivity index (χ2v) is 5.37. The molecule has 0 aliphatic rings. The molecule has 0 aliphatic heterocycles. The van der Waals surface area contributed by atoms with E-state index < -0.39 is 0 Å². The maximum Gasteiger partial charge on any atom is 0.225 e. The number of nitrogens with one attached hydrogen (secondary N) is 2. The maximum absolute atomic E-state index is 12.6. The van der Waals surface area contributed by atoms with Gasteiger partial charge in [-0.15, -0.1) is 0 Å². The summed E-state index contributed by atoms with van der Waals surface area (Å²) >= 11 is 0. The van der Waals surface area contributed by atoms with Crippen molar-refractivity contribution in [3.05, 3.63) is 71.5 Å². The third kappa shape index (κ3) is 1.94. The van der Waals surface area contributed by atoms with E-state index in [0.717, 1.165) is 21.8 Å². The molecule has 2 N–H and O–H groups in total. The minimum atomic E-state index is -0.0138. The molecule has 0 atom stereocenters. The molecule has 21 heavy (non-hydrogen) atoms. The zero-order valence-corrected chi connectivity index (χ0v) is 11.6. The number of aromatic nitrogens is 2. The first-order chi connectivity index (χ1) is 10.2. The van der Waals surface area contributed by atoms with Gasteiger partial charge in [-0.2, -0.15) is 0 Å². The van der Waals surface area contributed by atoms with Crippen LogP contribution in [0.5, 0.6) is 0 Å². The zero-order chi connectivity index (χ0) is 14.4. The number of hydrogen-bond donors (Lipinski definition) is 2. The second-order valence-electron chi connectivity index (χ2n) is 5.37. The van der Waals surface area contributed by atoms with Gasteiger partial charge in [-0.25, -0.2) is 0 Å². The van der Waals surface area contributed by atoms with Crippen LogP contribution in [0.25, 0.3) is 21.8 Å². The molecule has 3 nitrogen and oxygen atoms in total. The van der Waals surface area contributed by atoms with Gasteiger partial charge in [-0.1, -0.05) is 29.8 Å². The van der Waals surface area contributed by atoms with Crippen molar-refractivity contribution in [3.63, 3.8) is 0 Å². The summed E-state index contributed by atoms with van der Waals surface area (Å²) in [5.74, 6) is -0.0138. The fourth-order valence-electron chi connectivity index (χ4n) is 2.72. The minimum Gasteiger partial charge on any atom is -0.352 e. The van der Waals surface area contributed by atoms with Crippen LogP contribution in [0.3, 0.4) is 0 Å². The molecular weight excluding hydrogens is 260 g/mol. The summed E-state index contributed by atoms with van der Waals surface area (Å²) in [5.41, 5.74) is 4.38. The van der Waals surface area contributed by atoms with E-state index in [1.54, 1.807) is 0 Å². The standard InChI is InChI=1S/C18H14N2O/c1-11-6-7-15-13(8-11)10-17(20-15)18(21)16-9-12-4-2-3-5-14(12)19-16/h2-10,19-20H,1H3. The quantitative estimate of drug-likeness (QED) is 0.529. The van der Waals surface area contributed by atoms with Crippen LogP contribution < -0.4 is 0 Å². The average molecular weight is 274 g/mol. The van der Waals surface area contributed by atoms with Crippen molar-refractivity contribution in [3.8, 4) is 0 Å². The summed E-state index contributed by atoms with van der Waals surface area (Å²) < 4.78 is 0. The number of carbonyl (C=O) groups is 1. The fraction of sp³-hybridized carbons (Fsp3) is 0.0556. The van der Waals surface area contributed by atoms with Gasteiger partial charge in [0.05, 0.1) is 11.4 Å². The Morgan fingerprint density at radius 2 is 1.48 bits per heavy atom. The third-order valence-electron chi connectivity index (χ3n) is 3.80. The Balaban J connectivity index is 1.81. The maximum atomic E-state index is 12.6. The van der Waals surface area contributed by atoms with Crippen LogP contribution >= 0.6 is 0 Å². The van der Waals surface area contributed by atoms with Gasteiger partial charge < -0.3 is 9.97 Å². The van der Waals surface area contributed by atoms with Crippen molar-refractivity contribution in [1.82, 2.24) is 9.97 Å². The molecular formula is C18H14N2O. The van der Waals surface area contributed by atoms with Crippen molar-refractivity contribution in [1.29, 1.82) is 0 Å². The van der Waals surface area contributed by atoms with E-state index in [9.17, 15) is 4.79 Å². The first kappa shape index (κ1) is 12.0. The highest BCUT2D eigenvalue weighted by Crippen LogP contribution is 2.21. The number of ketones is 1. The van der Waals surface area contributed by atoms with Gasteiger partial charge >= 0.3 is 0 Å². The molecule has 0 unspecified atom stereocenters. The van der Waals surface area contributed by atoms with E-state index >= 15 is 0 Å². The molecule has 0 radical (unpaired) electrons. The predicted molar refractivity (Wildman–Crippen MR) is 84.8 cm³/mol. The Hall–Kier alpha value is -2.81. The molecule has 0 bridgehead atoms. The summed E-state index contributed by atoms with van der Waals surface area (Å²) in [4.78, 5) is 19.0. The van der Waals surface area contributed by atoms with Crippen molar-refractivity contribution in [2.45, 2.75) is 6.92 Å². The first-order valence-electron chi connectivity index (χ1n) is 6.92. The van der Waals surface area contributed by atoms with Crippen molar-refractivity contribution < 1.29 is 4.79 Å². The molecule has 2 aromatic heterocycles. The highest BCUT2D eigenvalue weighted by Gasteiger charge is 2.14. The van der Waals surface area contributed by atoms with Gasteiger partial charge in [-0.05, 0) is 37.3 Å². The van der Waals surface area contributed by atoms with E-state index in [4.69, 9.17) is 0 Å². The van der Waals surface area contributed by atoms with E-state index in [1.807, 2.05) is 55.5 Å². The Kier molecular flexibility index (Phi) is 2.48. The molecule has 4 aromatic rings. The van der Waals surface area contributed by atoms with Gasteiger partial charge in [-0.3, -0.25) is 4.79 Å². The van der Waals surface area contributed by atoms with Crippen LogP contribution in [0.15, 0.2) is 54.6 Å². The van der Waals surface area contributed by atoms with E-state index in [0.29, 0.717) is 11.4 Å². The van der Waals surface area contributed by atoms with Gasteiger partial charge in [0.25, 0.3) is 0 Å². The van der Waals surface area contributed by atoms with E-state index in [2.05, 4.69) is 16.0 Å². The van der Waals surface area contributed by atoms with Crippen LogP contribution in [0.2, 0.25) is 0 Å². The first-order valence-corrected chi connectivity index (χ1v) is 6.92. The van der Waals surface area contributed by atoms with Gasteiger partial charge in [0.2, 0.25) is 5.78 Å². The number of carbonyl (C=O) groups excluding carboxylic acids is 1. The van der Waals surface area contributed by atoms with Crippen LogP contribution in [0.1, 0.15) is 21.7 Å². The predicted octanol–water partition coefficient (Wildman–Crippen LogP) is 4.19. The summed E-state index contributed by atoms with van der Waals surface area (Å²) in [5, 5.41) is 2.11. The Bertz CT molecular complexity index is 942. The van der Waals surface area contributed by atoms with Crippen molar-refractivity contribution >= 4 is 27.6 Å². The summed E-state index contributed by atoms with van der Waals surface area (Å²) in [6.45, 7) is 2.05. The second kappa shape index (κ2) is 4.35. The van der Waals surface area contributed by atoms with E-state index in [-0.39, 0.29) is 5.78 Å². The number of aromatic amines is 2. The number of rotatable bonds is 2. The lowest BCUT2D eigenvalue weighted by atomic mass is 10.1. The highest BCUT2D eigenvalue weighted by atomic mass is 16.1. The smallest absolute Gasteiger partial charge is 0.225 e. The number of aryl methyl sites for hydroxylation is 1. The molecule has 0 saturated heterocycles. The van der Waals surface area contributed by atoms with E-state index in [1.165, 1.54) is 5.56 Å². The lowest BCUT2D eigenvalue weighted by Gasteiger charge is -1.93. The molecule has 4 rings (SSSR count). The number of hydrogen-bond acceptors (Lipinski definition) is 1. The lowest BCUT2D eigenvalue weighted by molar-refractivity contribution is 0.103. The number of benzene rings is 2. The normalized spacial score (nSPS) is 11.3. The fourth-order valence-corrected chi connectivity index (χ4v) is 2.72. The molecule has 0 spiro atoms. The van der Waals surface area contributed by atoms with Crippen LogP contribution in [0, 0.1) is 6.92 Å². The molecule has 0 amide bonds. The van der Waals surface area contributed by atoms with Crippen molar-refractivity contribution in [2.75, 3.05) is 0 Å². The Labute approximate surface area is 121 Å². The molecule has 0 aliphatic carbocycles. The lowest BCUT2D eigenvalue weighted by Crippen LogP contribution is -2.01. The number of para-hydroxylation sites is 1. The SMILES string of the molecule is Cc1ccc2[nH]c(C(=O)c3cc4ccccc4[nH]3)cc2c1. The molecule has 2 heterocycles. The van der Waals surface area contributed by atoms with Gasteiger partial charge in [0.15, 0.2) is 0 Å². The van der Waals surface area contributed by atoms with Gasteiger partial charge in [0.1, 0.15) is 0 Å². The molecule has 0 fully saturated rings. The molecule has 2 aromatic carbocycles. The summed E-state index contributed by atoms with van der Waals surface area (Å²) in [6.07, 6.45) is 0. The van der Waals surface area contributed by atoms with Gasteiger partial charge in [0, 0.05) is 21.8 Å². The minimum absolute atomic E-state index is 0.0138. The van der Waals surface area contributed by atoms with Crippen LogP contribution in [0.4, 0.5) is 0 Å².